The molecule has 0 N–H and O–H groups in total. The molecular formula is C17H38. The zero-order chi connectivity index (χ0) is 13.5. The Morgan fingerprint density at radius 2 is 0.941 bits per heavy atom. The molecule has 0 spiro atoms. The van der Waals surface area contributed by atoms with Crippen LogP contribution in [0.25, 0.3) is 0 Å². The van der Waals surface area contributed by atoms with Crippen LogP contribution in [0.15, 0.2) is 0 Å². The van der Waals surface area contributed by atoms with Gasteiger partial charge in [0.2, 0.25) is 0 Å². The van der Waals surface area contributed by atoms with Gasteiger partial charge in [0.25, 0.3) is 0 Å². The van der Waals surface area contributed by atoms with E-state index in [1.54, 1.807) is 0 Å². The summed E-state index contributed by atoms with van der Waals surface area (Å²) in [5, 5.41) is 0. The second-order valence-electron chi connectivity index (χ2n) is 6.13. The van der Waals surface area contributed by atoms with Gasteiger partial charge in [-0.1, -0.05) is 99.3 Å². The highest BCUT2D eigenvalue weighted by molar-refractivity contribution is 4.47. The quantitative estimate of drug-likeness (QED) is 0.388. The fourth-order valence-electron chi connectivity index (χ4n) is 1.77. The lowest BCUT2D eigenvalue weighted by Gasteiger charge is -2.02. The summed E-state index contributed by atoms with van der Waals surface area (Å²) >= 11 is 0. The second-order valence-corrected chi connectivity index (χ2v) is 6.13. The molecule has 17 heavy (non-hydrogen) atoms. The van der Waals surface area contributed by atoms with E-state index in [-0.39, 0.29) is 0 Å². The summed E-state index contributed by atoms with van der Waals surface area (Å²) in [6.07, 6.45) is 12.7. The van der Waals surface area contributed by atoms with Crippen molar-refractivity contribution in [2.75, 3.05) is 0 Å². The van der Waals surface area contributed by atoms with Gasteiger partial charge in [-0.15, -0.1) is 0 Å². The Balaban J connectivity index is 0. The first-order chi connectivity index (χ1) is 8.04. The largest absolute Gasteiger partial charge is 0.0654 e. The van der Waals surface area contributed by atoms with Gasteiger partial charge in [0.1, 0.15) is 0 Å². The minimum absolute atomic E-state index is 0.903. The lowest BCUT2D eigenvalue weighted by molar-refractivity contribution is 0.518. The van der Waals surface area contributed by atoms with Crippen LogP contribution >= 0.6 is 0 Å². The molecule has 0 aromatic rings. The van der Waals surface area contributed by atoms with Gasteiger partial charge in [0.15, 0.2) is 0 Å². The van der Waals surface area contributed by atoms with Crippen molar-refractivity contribution < 1.29 is 0 Å². The normalized spacial score (nSPS) is 10.6. The van der Waals surface area contributed by atoms with Crippen LogP contribution in [0.2, 0.25) is 0 Å². The van der Waals surface area contributed by atoms with Gasteiger partial charge in [0, 0.05) is 0 Å². The van der Waals surface area contributed by atoms with E-state index >= 15 is 0 Å². The van der Waals surface area contributed by atoms with Crippen LogP contribution in [-0.2, 0) is 0 Å². The lowest BCUT2D eigenvalue weighted by Crippen LogP contribution is -1.86. The summed E-state index contributed by atoms with van der Waals surface area (Å²) < 4.78 is 0. The summed E-state index contributed by atoms with van der Waals surface area (Å²) in [5.41, 5.74) is 0. The minimum atomic E-state index is 0.903. The molecule has 0 heterocycles. The topological polar surface area (TPSA) is 0 Å². The van der Waals surface area contributed by atoms with Crippen LogP contribution in [0.1, 0.15) is 99.3 Å². The van der Waals surface area contributed by atoms with Gasteiger partial charge in [-0.05, 0) is 11.8 Å². The van der Waals surface area contributed by atoms with Crippen molar-refractivity contribution in [3.05, 3.63) is 0 Å². The summed E-state index contributed by atoms with van der Waals surface area (Å²) in [4.78, 5) is 0. The first kappa shape index (κ1) is 19.3. The van der Waals surface area contributed by atoms with E-state index in [0.29, 0.717) is 0 Å². The first-order valence-corrected chi connectivity index (χ1v) is 8.04. The molecule has 0 aromatic heterocycles. The van der Waals surface area contributed by atoms with Crippen LogP contribution in [0.4, 0.5) is 0 Å². The van der Waals surface area contributed by atoms with E-state index in [4.69, 9.17) is 0 Å². The Bertz CT molecular complexity index is 113. The molecule has 0 radical (unpaired) electrons. The van der Waals surface area contributed by atoms with E-state index in [1.165, 1.54) is 57.8 Å². The van der Waals surface area contributed by atoms with Gasteiger partial charge in [-0.2, -0.15) is 0 Å². The molecule has 0 nitrogen and oxygen atoms in total. The zero-order valence-corrected chi connectivity index (χ0v) is 13.5. The Morgan fingerprint density at radius 3 is 1.29 bits per heavy atom. The molecule has 0 bridgehead atoms. The third-order valence-electron chi connectivity index (χ3n) is 3.02. The summed E-state index contributed by atoms with van der Waals surface area (Å²) in [5.74, 6) is 1.81. The lowest BCUT2D eigenvalue weighted by atomic mass is 10.0. The van der Waals surface area contributed by atoms with Gasteiger partial charge >= 0.3 is 0 Å². The summed E-state index contributed by atoms with van der Waals surface area (Å²) in [7, 11) is 0. The predicted octanol–water partition coefficient (Wildman–Crippen LogP) is 6.84. The molecule has 0 heteroatoms. The van der Waals surface area contributed by atoms with Crippen molar-refractivity contribution in [2.24, 2.45) is 11.8 Å². The van der Waals surface area contributed by atoms with Gasteiger partial charge in [0.05, 0.1) is 0 Å². The highest BCUT2D eigenvalue weighted by atomic mass is 14.0. The minimum Gasteiger partial charge on any atom is -0.0654 e. The molecular weight excluding hydrogens is 204 g/mol. The van der Waals surface area contributed by atoms with E-state index < -0.39 is 0 Å². The van der Waals surface area contributed by atoms with Crippen LogP contribution < -0.4 is 0 Å². The van der Waals surface area contributed by atoms with Crippen molar-refractivity contribution in [3.63, 3.8) is 0 Å². The third kappa shape index (κ3) is 25.9. The highest BCUT2D eigenvalue weighted by Crippen LogP contribution is 2.09. The molecule has 0 aromatic carbocycles. The van der Waals surface area contributed by atoms with Gasteiger partial charge in [-0.25, -0.2) is 0 Å². The van der Waals surface area contributed by atoms with E-state index in [0.717, 1.165) is 11.8 Å². The Morgan fingerprint density at radius 1 is 0.529 bits per heavy atom. The molecule has 0 aliphatic heterocycles. The average molecular weight is 242 g/mol. The van der Waals surface area contributed by atoms with Crippen molar-refractivity contribution in [2.45, 2.75) is 99.3 Å². The fraction of sp³-hybridized carbons (Fsp3) is 1.00. The number of unbranched alkanes of at least 4 members (excludes halogenated alkanes) is 5. The Labute approximate surface area is 112 Å². The van der Waals surface area contributed by atoms with Crippen molar-refractivity contribution >= 4 is 0 Å². The molecule has 0 amide bonds. The van der Waals surface area contributed by atoms with Crippen molar-refractivity contribution in [1.29, 1.82) is 0 Å². The molecule has 0 saturated carbocycles. The Kier molecular flexibility index (Phi) is 18.2. The van der Waals surface area contributed by atoms with Crippen LogP contribution in [0.5, 0.6) is 0 Å². The molecule has 0 aliphatic rings. The maximum absolute atomic E-state index is 2.31. The van der Waals surface area contributed by atoms with E-state index in [9.17, 15) is 0 Å². The smallest absolute Gasteiger partial charge is 0.0471 e. The van der Waals surface area contributed by atoms with Crippen molar-refractivity contribution in [3.8, 4) is 0 Å². The molecule has 0 saturated heterocycles. The number of hydrogen-bond acceptors (Lipinski definition) is 0. The molecule has 0 unspecified atom stereocenters. The van der Waals surface area contributed by atoms with Crippen LogP contribution in [-0.4, -0.2) is 0 Å². The molecule has 0 aliphatic carbocycles. The summed E-state index contributed by atoms with van der Waals surface area (Å²) in [6, 6.07) is 0. The molecule has 0 atom stereocenters. The Hall–Kier alpha value is 0. The van der Waals surface area contributed by atoms with Crippen LogP contribution in [0.3, 0.4) is 0 Å². The first-order valence-electron chi connectivity index (χ1n) is 8.04. The summed E-state index contributed by atoms with van der Waals surface area (Å²) in [6.45, 7) is 13.7. The maximum Gasteiger partial charge on any atom is -0.0471 e. The van der Waals surface area contributed by atoms with E-state index in [2.05, 4.69) is 41.5 Å². The average Bonchev–Trinajstić information content (AvgIpc) is 2.26. The van der Waals surface area contributed by atoms with Crippen molar-refractivity contribution in [1.82, 2.24) is 0 Å². The fourth-order valence-corrected chi connectivity index (χ4v) is 1.77. The zero-order valence-electron chi connectivity index (χ0n) is 13.5. The van der Waals surface area contributed by atoms with E-state index in [1.807, 2.05) is 0 Å². The monoisotopic (exact) mass is 242 g/mol. The third-order valence-corrected chi connectivity index (χ3v) is 3.02. The number of rotatable bonds is 9. The SMILES string of the molecule is CCCCC(C)C.CCCCCCCC(C)C. The highest BCUT2D eigenvalue weighted by Gasteiger charge is 1.92. The molecule has 0 rings (SSSR count). The second kappa shape index (κ2) is 16.0. The number of hydrogen-bond donors (Lipinski definition) is 0. The predicted molar refractivity (Wildman–Crippen MR) is 82.6 cm³/mol. The van der Waals surface area contributed by atoms with Crippen LogP contribution in [0, 0.1) is 11.8 Å². The van der Waals surface area contributed by atoms with Gasteiger partial charge in [-0.3, -0.25) is 0 Å². The van der Waals surface area contributed by atoms with Gasteiger partial charge < -0.3 is 0 Å². The molecule has 106 valence electrons. The molecule has 0 fully saturated rings. The maximum atomic E-state index is 2.31. The standard InChI is InChI=1S/C10H22.C7H16/c1-4-5-6-7-8-9-10(2)3;1-4-5-6-7(2)3/h10H,4-9H2,1-3H3;7H,4-6H2,1-3H3.